The van der Waals surface area contributed by atoms with Crippen LogP contribution in [-0.4, -0.2) is 23.8 Å². The van der Waals surface area contributed by atoms with Crippen LogP contribution in [0.15, 0.2) is 0 Å². The number of carbonyl (C=O) groups is 1. The van der Waals surface area contributed by atoms with E-state index in [1.54, 1.807) is 6.92 Å². The van der Waals surface area contributed by atoms with Crippen LogP contribution in [0.2, 0.25) is 0 Å². The fourth-order valence-corrected chi connectivity index (χ4v) is 0.640. The van der Waals surface area contributed by atoms with Crippen LogP contribution in [0.5, 0.6) is 0 Å². The first-order valence-corrected chi connectivity index (χ1v) is 3.55. The molecule has 1 atom stereocenters. The van der Waals surface area contributed by atoms with E-state index in [4.69, 9.17) is 9.84 Å². The Morgan fingerprint density at radius 3 is 2.80 bits per heavy atom. The van der Waals surface area contributed by atoms with E-state index in [2.05, 4.69) is 0 Å². The van der Waals surface area contributed by atoms with Crippen LogP contribution in [0.25, 0.3) is 0 Å². The number of aliphatic hydroxyl groups is 1. The summed E-state index contributed by atoms with van der Waals surface area (Å²) in [5, 5.41) is 8.73. The van der Waals surface area contributed by atoms with Crippen LogP contribution in [0.1, 0.15) is 19.8 Å². The van der Waals surface area contributed by atoms with E-state index in [-0.39, 0.29) is 18.5 Å². The van der Waals surface area contributed by atoms with Crippen molar-refractivity contribution in [3.05, 3.63) is 0 Å². The van der Waals surface area contributed by atoms with Gasteiger partial charge < -0.3 is 9.84 Å². The number of ether oxygens (including phenoxy) is 1. The lowest BCUT2D eigenvalue weighted by Crippen LogP contribution is -2.16. The lowest BCUT2D eigenvalue weighted by Gasteiger charge is -2.04. The third kappa shape index (κ3) is 2.35. The summed E-state index contributed by atoms with van der Waals surface area (Å²) >= 11 is 0. The van der Waals surface area contributed by atoms with Crippen molar-refractivity contribution in [1.29, 1.82) is 0 Å². The lowest BCUT2D eigenvalue weighted by atomic mass is 10.4. The fourth-order valence-electron chi connectivity index (χ4n) is 0.640. The predicted octanol–water partition coefficient (Wildman–Crippen LogP) is 0.320. The van der Waals surface area contributed by atoms with Gasteiger partial charge >= 0.3 is 5.97 Å². The summed E-state index contributed by atoms with van der Waals surface area (Å²) in [6.45, 7) is 1.73. The van der Waals surface area contributed by atoms with Gasteiger partial charge in [0.15, 0.2) is 0 Å². The zero-order chi connectivity index (χ0) is 7.56. The van der Waals surface area contributed by atoms with E-state index >= 15 is 0 Å². The molecule has 0 bridgehead atoms. The van der Waals surface area contributed by atoms with Crippen molar-refractivity contribution in [2.45, 2.75) is 25.9 Å². The number of hydrogen-bond donors (Lipinski definition) is 1. The molecule has 3 heteroatoms. The molecule has 1 aliphatic rings. The first-order valence-electron chi connectivity index (χ1n) is 3.55. The van der Waals surface area contributed by atoms with Crippen molar-refractivity contribution in [2.75, 3.05) is 6.61 Å². The van der Waals surface area contributed by atoms with Gasteiger partial charge in [0, 0.05) is 0 Å². The zero-order valence-corrected chi connectivity index (χ0v) is 6.04. The van der Waals surface area contributed by atoms with E-state index < -0.39 is 6.10 Å². The van der Waals surface area contributed by atoms with E-state index in [1.807, 2.05) is 0 Å². The Bertz CT molecular complexity index is 127. The van der Waals surface area contributed by atoms with Crippen molar-refractivity contribution in [3.63, 3.8) is 0 Å². The molecule has 0 spiro atoms. The van der Waals surface area contributed by atoms with Gasteiger partial charge in [0.2, 0.25) is 0 Å². The Morgan fingerprint density at radius 2 is 2.40 bits per heavy atom. The summed E-state index contributed by atoms with van der Waals surface area (Å²) < 4.78 is 4.74. The molecule has 0 aliphatic heterocycles. The highest BCUT2D eigenvalue weighted by Crippen LogP contribution is 2.29. The number of rotatable bonds is 3. The van der Waals surface area contributed by atoms with Gasteiger partial charge in [-0.2, -0.15) is 0 Å². The van der Waals surface area contributed by atoms with Gasteiger partial charge in [-0.1, -0.05) is 0 Å². The van der Waals surface area contributed by atoms with E-state index in [1.165, 1.54) is 0 Å². The van der Waals surface area contributed by atoms with Gasteiger partial charge in [-0.25, -0.2) is 0 Å². The summed E-state index contributed by atoms with van der Waals surface area (Å²) in [7, 11) is 0. The molecule has 0 saturated heterocycles. The molecule has 1 N–H and O–H groups in total. The third-order valence-corrected chi connectivity index (χ3v) is 1.38. The van der Waals surface area contributed by atoms with E-state index in [0.717, 1.165) is 12.8 Å². The molecule has 1 unspecified atom stereocenters. The summed E-state index contributed by atoms with van der Waals surface area (Å²) in [5.41, 5.74) is 0. The van der Waals surface area contributed by atoms with Crippen molar-refractivity contribution in [1.82, 2.24) is 0 Å². The number of aliphatic hydroxyl groups excluding tert-OH is 1. The van der Waals surface area contributed by atoms with Crippen molar-refractivity contribution in [2.24, 2.45) is 5.92 Å². The average molecular weight is 144 g/mol. The van der Waals surface area contributed by atoms with Gasteiger partial charge in [-0.15, -0.1) is 0 Å². The van der Waals surface area contributed by atoms with Crippen LogP contribution in [0.3, 0.4) is 0 Å². The second-order valence-electron chi connectivity index (χ2n) is 2.75. The highest BCUT2D eigenvalue weighted by Gasteiger charge is 2.31. The molecule has 1 aliphatic carbocycles. The summed E-state index contributed by atoms with van der Waals surface area (Å²) in [6.07, 6.45) is 1.37. The molecular weight excluding hydrogens is 132 g/mol. The molecule has 1 saturated carbocycles. The molecule has 1 fully saturated rings. The van der Waals surface area contributed by atoms with Crippen LogP contribution in [0.4, 0.5) is 0 Å². The molecule has 0 heterocycles. The molecule has 10 heavy (non-hydrogen) atoms. The normalized spacial score (nSPS) is 20.2. The van der Waals surface area contributed by atoms with Crippen LogP contribution in [-0.2, 0) is 9.53 Å². The second-order valence-corrected chi connectivity index (χ2v) is 2.75. The molecule has 0 radical (unpaired) electrons. The number of esters is 1. The van der Waals surface area contributed by atoms with Crippen molar-refractivity contribution in [3.8, 4) is 0 Å². The Morgan fingerprint density at radius 1 is 1.80 bits per heavy atom. The monoisotopic (exact) mass is 144 g/mol. The molecular formula is C7H12O3. The average Bonchev–Trinajstić information content (AvgIpc) is 2.63. The zero-order valence-electron chi connectivity index (χ0n) is 6.04. The predicted molar refractivity (Wildman–Crippen MR) is 35.4 cm³/mol. The summed E-state index contributed by atoms with van der Waals surface area (Å²) in [4.78, 5) is 10.8. The summed E-state index contributed by atoms with van der Waals surface area (Å²) in [5.74, 6) is -0.0142. The molecule has 3 nitrogen and oxygen atoms in total. The Balaban J connectivity index is 2.06. The van der Waals surface area contributed by atoms with Gasteiger partial charge in [-0.05, 0) is 19.8 Å². The molecule has 1 rings (SSSR count). The largest absolute Gasteiger partial charge is 0.463 e. The first kappa shape index (κ1) is 7.54. The minimum Gasteiger partial charge on any atom is -0.463 e. The number of hydrogen-bond acceptors (Lipinski definition) is 3. The lowest BCUT2D eigenvalue weighted by molar-refractivity contribution is -0.147. The van der Waals surface area contributed by atoms with E-state index in [9.17, 15) is 4.79 Å². The smallest absolute Gasteiger partial charge is 0.309 e. The highest BCUT2D eigenvalue weighted by molar-refractivity contribution is 5.74. The molecule has 0 aromatic rings. The Hall–Kier alpha value is -0.570. The van der Waals surface area contributed by atoms with E-state index in [0.29, 0.717) is 0 Å². The topological polar surface area (TPSA) is 46.5 Å². The number of carbonyl (C=O) groups excluding carboxylic acids is 1. The third-order valence-electron chi connectivity index (χ3n) is 1.38. The molecule has 0 aromatic carbocycles. The van der Waals surface area contributed by atoms with Gasteiger partial charge in [0.05, 0.1) is 12.0 Å². The maximum atomic E-state index is 10.8. The fraction of sp³-hybridized carbons (Fsp3) is 0.857. The van der Waals surface area contributed by atoms with Crippen molar-refractivity contribution < 1.29 is 14.6 Å². The minimum absolute atomic E-state index is 0.134. The van der Waals surface area contributed by atoms with Gasteiger partial charge in [0.25, 0.3) is 0 Å². The SMILES string of the molecule is CC(O)COC(=O)C1CC1. The Labute approximate surface area is 60.0 Å². The Kier molecular flexibility index (Phi) is 2.27. The molecule has 0 aromatic heterocycles. The van der Waals surface area contributed by atoms with Gasteiger partial charge in [-0.3, -0.25) is 4.79 Å². The van der Waals surface area contributed by atoms with Crippen LogP contribution in [0, 0.1) is 5.92 Å². The van der Waals surface area contributed by atoms with Gasteiger partial charge in [0.1, 0.15) is 6.61 Å². The van der Waals surface area contributed by atoms with Crippen LogP contribution < -0.4 is 0 Å². The first-order chi connectivity index (χ1) is 4.70. The maximum absolute atomic E-state index is 10.8. The highest BCUT2D eigenvalue weighted by atomic mass is 16.5. The second kappa shape index (κ2) is 3.01. The quantitative estimate of drug-likeness (QED) is 0.580. The molecule has 0 amide bonds. The van der Waals surface area contributed by atoms with Crippen LogP contribution >= 0.6 is 0 Å². The molecule has 58 valence electrons. The minimum atomic E-state index is -0.539. The summed E-state index contributed by atoms with van der Waals surface area (Å²) in [6, 6.07) is 0. The van der Waals surface area contributed by atoms with Crippen molar-refractivity contribution >= 4 is 5.97 Å². The maximum Gasteiger partial charge on any atom is 0.309 e. The standard InChI is InChI=1S/C7H12O3/c1-5(8)4-10-7(9)6-2-3-6/h5-6,8H,2-4H2,1H3.